The molecule has 2 heterocycles. The van der Waals surface area contributed by atoms with E-state index in [2.05, 4.69) is 39.7 Å². The topological polar surface area (TPSA) is 42.7 Å². The average Bonchev–Trinajstić information content (AvgIpc) is 3.04. The van der Waals surface area contributed by atoms with Gasteiger partial charge in [-0.1, -0.05) is 18.2 Å². The Hall–Kier alpha value is -1.72. The maximum absolute atomic E-state index is 4.24. The van der Waals surface area contributed by atoms with Crippen LogP contribution < -0.4 is 5.32 Å². The second-order valence-electron chi connectivity index (χ2n) is 5.25. The number of nitrogens with one attached hydrogen (secondary N) is 1. The molecule has 1 aliphatic carbocycles. The van der Waals surface area contributed by atoms with Gasteiger partial charge < -0.3 is 5.32 Å². The Labute approximate surface area is 121 Å². The van der Waals surface area contributed by atoms with Crippen LogP contribution in [0.4, 0.5) is 0 Å². The highest BCUT2D eigenvalue weighted by Gasteiger charge is 2.21. The Morgan fingerprint density at radius 3 is 3.00 bits per heavy atom. The van der Waals surface area contributed by atoms with Crippen molar-refractivity contribution in [3.63, 3.8) is 0 Å². The van der Waals surface area contributed by atoms with Crippen LogP contribution in [0, 0.1) is 0 Å². The minimum atomic E-state index is 0.736. The zero-order valence-electron chi connectivity index (χ0n) is 11.1. The number of benzene rings is 1. The van der Waals surface area contributed by atoms with Gasteiger partial charge in [-0.05, 0) is 29.9 Å². The highest BCUT2D eigenvalue weighted by Crippen LogP contribution is 2.32. The van der Waals surface area contributed by atoms with E-state index in [9.17, 15) is 0 Å². The molecule has 0 bridgehead atoms. The Morgan fingerprint density at radius 1 is 1.30 bits per heavy atom. The molecule has 0 atom stereocenters. The molecule has 1 fully saturated rings. The molecule has 4 rings (SSSR count). The number of hydrogen-bond donors (Lipinski definition) is 1. The van der Waals surface area contributed by atoms with E-state index in [0.717, 1.165) is 19.1 Å². The van der Waals surface area contributed by atoms with Crippen LogP contribution in [0.1, 0.15) is 23.3 Å². The molecule has 0 amide bonds. The van der Waals surface area contributed by atoms with E-state index in [4.69, 9.17) is 0 Å². The fraction of sp³-hybridized carbons (Fsp3) is 0.333. The second-order valence-corrected chi connectivity index (χ2v) is 6.38. The molecule has 1 N–H and O–H groups in total. The molecule has 102 valence electrons. The Morgan fingerprint density at radius 2 is 2.20 bits per heavy atom. The van der Waals surface area contributed by atoms with Gasteiger partial charge in [0, 0.05) is 22.2 Å². The van der Waals surface area contributed by atoms with Crippen molar-refractivity contribution in [2.75, 3.05) is 0 Å². The van der Waals surface area contributed by atoms with Gasteiger partial charge in [-0.25, -0.2) is 9.67 Å². The Bertz CT molecular complexity index is 713. The minimum Gasteiger partial charge on any atom is -0.309 e. The molecule has 5 heteroatoms. The van der Waals surface area contributed by atoms with Gasteiger partial charge in [-0.2, -0.15) is 5.10 Å². The van der Waals surface area contributed by atoms with Crippen molar-refractivity contribution in [3.05, 3.63) is 47.4 Å². The van der Waals surface area contributed by atoms with Gasteiger partial charge in [0.15, 0.2) is 0 Å². The van der Waals surface area contributed by atoms with Crippen molar-refractivity contribution in [1.29, 1.82) is 0 Å². The van der Waals surface area contributed by atoms with Gasteiger partial charge in [0.05, 0.1) is 6.54 Å². The van der Waals surface area contributed by atoms with Crippen molar-refractivity contribution in [2.24, 2.45) is 0 Å². The van der Waals surface area contributed by atoms with Crippen molar-refractivity contribution in [2.45, 2.75) is 32.0 Å². The molecule has 1 saturated carbocycles. The summed E-state index contributed by atoms with van der Waals surface area (Å²) in [6.45, 7) is 1.76. The van der Waals surface area contributed by atoms with Crippen molar-refractivity contribution in [3.8, 4) is 0 Å². The lowest BCUT2D eigenvalue weighted by Gasteiger charge is -2.06. The first-order chi connectivity index (χ1) is 9.90. The molecule has 0 radical (unpaired) electrons. The van der Waals surface area contributed by atoms with Gasteiger partial charge >= 0.3 is 0 Å². The standard InChI is InChI=1S/C15H16N4S/c1-2-4-14-12(3-1)13(8-19-10-16-9-18-19)15(20-14)7-17-11-5-6-11/h1-4,9-11,17H,5-8H2. The number of rotatable bonds is 5. The molecule has 1 aromatic carbocycles. The van der Waals surface area contributed by atoms with Crippen LogP contribution in [-0.2, 0) is 13.1 Å². The molecule has 4 nitrogen and oxygen atoms in total. The number of hydrogen-bond acceptors (Lipinski definition) is 4. The summed E-state index contributed by atoms with van der Waals surface area (Å²) in [6, 6.07) is 9.36. The average molecular weight is 284 g/mol. The van der Waals surface area contributed by atoms with Crippen LogP contribution in [0.25, 0.3) is 10.1 Å². The van der Waals surface area contributed by atoms with Gasteiger partial charge in [0.1, 0.15) is 12.7 Å². The third-order valence-corrected chi connectivity index (χ3v) is 4.91. The van der Waals surface area contributed by atoms with E-state index < -0.39 is 0 Å². The lowest BCUT2D eigenvalue weighted by atomic mass is 10.1. The zero-order chi connectivity index (χ0) is 13.4. The van der Waals surface area contributed by atoms with Crippen molar-refractivity contribution >= 4 is 21.4 Å². The Kier molecular flexibility index (Phi) is 3.01. The smallest absolute Gasteiger partial charge is 0.137 e. The van der Waals surface area contributed by atoms with Crippen LogP contribution >= 0.6 is 11.3 Å². The summed E-state index contributed by atoms with van der Waals surface area (Å²) in [7, 11) is 0. The monoisotopic (exact) mass is 284 g/mol. The third-order valence-electron chi connectivity index (χ3n) is 3.70. The molecule has 3 aromatic rings. The molecular formula is C15H16N4S. The predicted octanol–water partition coefficient (Wildman–Crippen LogP) is 2.79. The largest absolute Gasteiger partial charge is 0.309 e. The van der Waals surface area contributed by atoms with E-state index in [1.807, 2.05) is 16.0 Å². The van der Waals surface area contributed by atoms with Crippen LogP contribution in [0.5, 0.6) is 0 Å². The summed E-state index contributed by atoms with van der Waals surface area (Å²) >= 11 is 1.89. The van der Waals surface area contributed by atoms with Crippen molar-refractivity contribution in [1.82, 2.24) is 20.1 Å². The number of thiophene rings is 1. The SMILES string of the molecule is c1ccc2c(Cn3cncn3)c(CNC3CC3)sc2c1. The quantitative estimate of drug-likeness (QED) is 0.783. The predicted molar refractivity (Wildman–Crippen MR) is 80.8 cm³/mol. The van der Waals surface area contributed by atoms with Crippen LogP contribution in [0.2, 0.25) is 0 Å². The van der Waals surface area contributed by atoms with Gasteiger partial charge in [-0.3, -0.25) is 0 Å². The fourth-order valence-electron chi connectivity index (χ4n) is 2.47. The maximum atomic E-state index is 4.24. The van der Waals surface area contributed by atoms with E-state index >= 15 is 0 Å². The highest BCUT2D eigenvalue weighted by molar-refractivity contribution is 7.19. The first-order valence-electron chi connectivity index (χ1n) is 6.95. The maximum Gasteiger partial charge on any atom is 0.137 e. The fourth-order valence-corrected chi connectivity index (χ4v) is 3.63. The minimum absolute atomic E-state index is 0.736. The molecule has 0 spiro atoms. The third kappa shape index (κ3) is 2.34. The lowest BCUT2D eigenvalue weighted by Crippen LogP contribution is -2.16. The van der Waals surface area contributed by atoms with E-state index in [1.54, 1.807) is 12.7 Å². The first-order valence-corrected chi connectivity index (χ1v) is 7.77. The van der Waals surface area contributed by atoms with Crippen LogP contribution in [0.3, 0.4) is 0 Å². The highest BCUT2D eigenvalue weighted by atomic mass is 32.1. The zero-order valence-corrected chi connectivity index (χ0v) is 11.9. The molecule has 1 aliphatic rings. The number of nitrogens with zero attached hydrogens (tertiary/aromatic N) is 3. The summed E-state index contributed by atoms with van der Waals surface area (Å²) in [5.41, 5.74) is 1.38. The van der Waals surface area contributed by atoms with Crippen LogP contribution in [-0.4, -0.2) is 20.8 Å². The lowest BCUT2D eigenvalue weighted by molar-refractivity contribution is 0.662. The van der Waals surface area contributed by atoms with E-state index in [0.29, 0.717) is 0 Å². The van der Waals surface area contributed by atoms with E-state index in [1.165, 1.54) is 33.4 Å². The summed E-state index contributed by atoms with van der Waals surface area (Å²) in [5, 5.41) is 9.20. The summed E-state index contributed by atoms with van der Waals surface area (Å²) in [5.74, 6) is 0. The molecule has 0 unspecified atom stereocenters. The van der Waals surface area contributed by atoms with Gasteiger partial charge in [-0.15, -0.1) is 11.3 Å². The normalized spacial score (nSPS) is 15.0. The number of aromatic nitrogens is 3. The molecule has 0 saturated heterocycles. The molecule has 2 aromatic heterocycles. The Balaban J connectivity index is 1.71. The molecular weight excluding hydrogens is 268 g/mol. The van der Waals surface area contributed by atoms with Crippen molar-refractivity contribution < 1.29 is 0 Å². The summed E-state index contributed by atoms with van der Waals surface area (Å²) < 4.78 is 3.25. The molecule has 0 aliphatic heterocycles. The second kappa shape index (κ2) is 5.00. The van der Waals surface area contributed by atoms with E-state index in [-0.39, 0.29) is 0 Å². The van der Waals surface area contributed by atoms with Gasteiger partial charge in [0.2, 0.25) is 0 Å². The summed E-state index contributed by atoms with van der Waals surface area (Å²) in [4.78, 5) is 5.46. The molecule has 20 heavy (non-hydrogen) atoms. The first kappa shape index (κ1) is 12.1. The van der Waals surface area contributed by atoms with Gasteiger partial charge in [0.25, 0.3) is 0 Å². The van der Waals surface area contributed by atoms with Crippen LogP contribution in [0.15, 0.2) is 36.9 Å². The number of fused-ring (bicyclic) bond motifs is 1. The summed E-state index contributed by atoms with van der Waals surface area (Å²) in [6.07, 6.45) is 6.02.